The third kappa shape index (κ3) is 3.23. The predicted molar refractivity (Wildman–Crippen MR) is 77.0 cm³/mol. The Kier molecular flexibility index (Phi) is 4.20. The molecule has 1 heterocycles. The van der Waals surface area contributed by atoms with Gasteiger partial charge in [0.2, 0.25) is 0 Å². The summed E-state index contributed by atoms with van der Waals surface area (Å²) in [5.41, 5.74) is 2.32. The molecule has 4 heteroatoms. The second-order valence-corrected chi connectivity index (χ2v) is 4.98. The van der Waals surface area contributed by atoms with E-state index in [1.165, 1.54) is 5.56 Å². The van der Waals surface area contributed by atoms with Crippen molar-refractivity contribution in [3.63, 3.8) is 0 Å². The standard InChI is InChI=1S/C14H15BrN2O/c1-17(10-11-7-12(15)9-16-8-11)13-3-5-14(18-2)6-4-13/h3-9H,10H2,1-2H3. The van der Waals surface area contributed by atoms with Gasteiger partial charge in [-0.05, 0) is 51.8 Å². The molecular weight excluding hydrogens is 292 g/mol. The van der Waals surface area contributed by atoms with Crippen molar-refractivity contribution in [3.05, 3.63) is 52.8 Å². The zero-order valence-corrected chi connectivity index (χ0v) is 12.0. The molecule has 94 valence electrons. The van der Waals surface area contributed by atoms with Crippen LogP contribution in [0.4, 0.5) is 5.69 Å². The third-order valence-corrected chi connectivity index (χ3v) is 3.13. The first-order chi connectivity index (χ1) is 8.69. The minimum atomic E-state index is 0.818. The van der Waals surface area contributed by atoms with Crippen LogP contribution in [-0.2, 0) is 6.54 Å². The summed E-state index contributed by atoms with van der Waals surface area (Å²) in [6.07, 6.45) is 3.67. The second kappa shape index (κ2) is 5.87. The van der Waals surface area contributed by atoms with E-state index in [2.05, 4.69) is 38.9 Å². The topological polar surface area (TPSA) is 25.4 Å². The molecule has 2 rings (SSSR count). The highest BCUT2D eigenvalue weighted by Crippen LogP contribution is 2.20. The Labute approximate surface area is 116 Å². The summed E-state index contributed by atoms with van der Waals surface area (Å²) in [4.78, 5) is 6.33. The monoisotopic (exact) mass is 306 g/mol. The van der Waals surface area contributed by atoms with Crippen LogP contribution in [0.3, 0.4) is 0 Å². The molecule has 0 saturated carbocycles. The van der Waals surface area contributed by atoms with Crippen LogP contribution in [0, 0.1) is 0 Å². The van der Waals surface area contributed by atoms with Crippen LogP contribution in [-0.4, -0.2) is 19.1 Å². The van der Waals surface area contributed by atoms with Gasteiger partial charge < -0.3 is 9.64 Å². The molecule has 0 saturated heterocycles. The van der Waals surface area contributed by atoms with E-state index in [1.54, 1.807) is 13.3 Å². The normalized spacial score (nSPS) is 10.2. The van der Waals surface area contributed by atoms with E-state index in [0.29, 0.717) is 0 Å². The summed E-state index contributed by atoms with van der Waals surface area (Å²) in [6.45, 7) is 0.818. The lowest BCUT2D eigenvalue weighted by molar-refractivity contribution is 0.415. The van der Waals surface area contributed by atoms with E-state index in [-0.39, 0.29) is 0 Å². The lowest BCUT2D eigenvalue weighted by atomic mass is 10.2. The van der Waals surface area contributed by atoms with Gasteiger partial charge in [-0.1, -0.05) is 0 Å². The zero-order chi connectivity index (χ0) is 13.0. The molecule has 2 aromatic rings. The Morgan fingerprint density at radius 1 is 1.22 bits per heavy atom. The van der Waals surface area contributed by atoms with Crippen molar-refractivity contribution < 1.29 is 4.74 Å². The molecule has 0 fully saturated rings. The number of methoxy groups -OCH3 is 1. The minimum absolute atomic E-state index is 0.818. The van der Waals surface area contributed by atoms with Gasteiger partial charge in [0.25, 0.3) is 0 Å². The van der Waals surface area contributed by atoms with E-state index < -0.39 is 0 Å². The number of hydrogen-bond donors (Lipinski definition) is 0. The van der Waals surface area contributed by atoms with E-state index in [4.69, 9.17) is 4.74 Å². The maximum absolute atomic E-state index is 5.15. The van der Waals surface area contributed by atoms with E-state index in [0.717, 1.165) is 22.5 Å². The van der Waals surface area contributed by atoms with Crippen molar-refractivity contribution in [1.82, 2.24) is 4.98 Å². The Balaban J connectivity index is 2.09. The van der Waals surface area contributed by atoms with Gasteiger partial charge in [-0.2, -0.15) is 0 Å². The molecule has 0 unspecified atom stereocenters. The van der Waals surface area contributed by atoms with E-state index >= 15 is 0 Å². The van der Waals surface area contributed by atoms with Crippen LogP contribution in [0.1, 0.15) is 5.56 Å². The molecule has 0 spiro atoms. The fourth-order valence-corrected chi connectivity index (χ4v) is 2.16. The Morgan fingerprint density at radius 3 is 2.56 bits per heavy atom. The predicted octanol–water partition coefficient (Wildman–Crippen LogP) is 3.49. The molecule has 3 nitrogen and oxygen atoms in total. The molecule has 0 N–H and O–H groups in total. The first-order valence-electron chi connectivity index (χ1n) is 5.63. The molecule has 18 heavy (non-hydrogen) atoms. The second-order valence-electron chi connectivity index (χ2n) is 4.07. The number of pyridine rings is 1. The number of anilines is 1. The van der Waals surface area contributed by atoms with Crippen LogP contribution < -0.4 is 9.64 Å². The van der Waals surface area contributed by atoms with Crippen LogP contribution >= 0.6 is 15.9 Å². The number of benzene rings is 1. The zero-order valence-electron chi connectivity index (χ0n) is 10.4. The van der Waals surface area contributed by atoms with Gasteiger partial charge in [0.15, 0.2) is 0 Å². The Bertz CT molecular complexity index is 513. The van der Waals surface area contributed by atoms with Gasteiger partial charge in [-0.3, -0.25) is 4.98 Å². The lowest BCUT2D eigenvalue weighted by Gasteiger charge is -2.19. The van der Waals surface area contributed by atoms with E-state index in [9.17, 15) is 0 Å². The van der Waals surface area contributed by atoms with Crippen LogP contribution in [0.2, 0.25) is 0 Å². The highest BCUT2D eigenvalue weighted by molar-refractivity contribution is 9.10. The number of rotatable bonds is 4. The maximum atomic E-state index is 5.15. The highest BCUT2D eigenvalue weighted by atomic mass is 79.9. The number of hydrogen-bond acceptors (Lipinski definition) is 3. The molecule has 0 bridgehead atoms. The van der Waals surface area contributed by atoms with Crippen LogP contribution in [0.15, 0.2) is 47.2 Å². The lowest BCUT2D eigenvalue weighted by Crippen LogP contribution is -2.16. The van der Waals surface area contributed by atoms with Gasteiger partial charge in [-0.25, -0.2) is 0 Å². The first-order valence-corrected chi connectivity index (χ1v) is 6.43. The SMILES string of the molecule is COc1ccc(N(C)Cc2cncc(Br)c2)cc1. The van der Waals surface area contributed by atoms with Crippen molar-refractivity contribution in [2.45, 2.75) is 6.54 Å². The Morgan fingerprint density at radius 2 is 1.94 bits per heavy atom. The van der Waals surface area contributed by atoms with Crippen molar-refractivity contribution in [3.8, 4) is 5.75 Å². The molecule has 0 amide bonds. The van der Waals surface area contributed by atoms with Crippen LogP contribution in [0.25, 0.3) is 0 Å². The molecule has 0 aliphatic carbocycles. The van der Waals surface area contributed by atoms with E-state index in [1.807, 2.05) is 30.5 Å². The summed E-state index contributed by atoms with van der Waals surface area (Å²) in [7, 11) is 3.73. The Hall–Kier alpha value is -1.55. The molecule has 0 aliphatic rings. The fourth-order valence-electron chi connectivity index (χ4n) is 1.74. The minimum Gasteiger partial charge on any atom is -0.497 e. The van der Waals surface area contributed by atoms with Gasteiger partial charge in [0, 0.05) is 36.1 Å². The van der Waals surface area contributed by atoms with Crippen molar-refractivity contribution in [2.75, 3.05) is 19.1 Å². The molecular formula is C14H15BrN2O. The first kappa shape index (κ1) is 12.9. The van der Waals surface area contributed by atoms with Crippen molar-refractivity contribution in [2.24, 2.45) is 0 Å². The average molecular weight is 307 g/mol. The summed E-state index contributed by atoms with van der Waals surface area (Å²) in [6, 6.07) is 10.1. The molecule has 0 atom stereocenters. The molecule has 1 aromatic carbocycles. The van der Waals surface area contributed by atoms with Crippen molar-refractivity contribution >= 4 is 21.6 Å². The highest BCUT2D eigenvalue weighted by Gasteiger charge is 2.03. The smallest absolute Gasteiger partial charge is 0.119 e. The summed E-state index contributed by atoms with van der Waals surface area (Å²) in [5.74, 6) is 0.872. The largest absolute Gasteiger partial charge is 0.497 e. The number of ether oxygens (including phenoxy) is 1. The maximum Gasteiger partial charge on any atom is 0.119 e. The molecule has 1 aromatic heterocycles. The van der Waals surface area contributed by atoms with Crippen LogP contribution in [0.5, 0.6) is 5.75 Å². The number of nitrogens with zero attached hydrogens (tertiary/aromatic N) is 2. The fraction of sp³-hybridized carbons (Fsp3) is 0.214. The molecule has 0 aliphatic heterocycles. The van der Waals surface area contributed by atoms with Gasteiger partial charge >= 0.3 is 0 Å². The number of halogens is 1. The van der Waals surface area contributed by atoms with Gasteiger partial charge in [0.1, 0.15) is 5.75 Å². The number of aromatic nitrogens is 1. The van der Waals surface area contributed by atoms with Gasteiger partial charge in [-0.15, -0.1) is 0 Å². The summed E-state index contributed by atoms with van der Waals surface area (Å²) < 4.78 is 6.15. The average Bonchev–Trinajstić information content (AvgIpc) is 2.39. The summed E-state index contributed by atoms with van der Waals surface area (Å²) >= 11 is 3.43. The third-order valence-electron chi connectivity index (χ3n) is 2.69. The summed E-state index contributed by atoms with van der Waals surface area (Å²) in [5, 5.41) is 0. The quantitative estimate of drug-likeness (QED) is 0.864. The van der Waals surface area contributed by atoms with Gasteiger partial charge in [0.05, 0.1) is 7.11 Å². The van der Waals surface area contributed by atoms with Crippen molar-refractivity contribution in [1.29, 1.82) is 0 Å². The molecule has 0 radical (unpaired) electrons.